The van der Waals surface area contributed by atoms with Crippen molar-refractivity contribution < 1.29 is 27.9 Å². The van der Waals surface area contributed by atoms with Crippen LogP contribution in [0.2, 0.25) is 0 Å². The zero-order valence-corrected chi connectivity index (χ0v) is 39.5. The van der Waals surface area contributed by atoms with Crippen LogP contribution in [0, 0.1) is 30.3 Å². The number of fused-ring (bicyclic) bond motifs is 1. The van der Waals surface area contributed by atoms with Crippen molar-refractivity contribution >= 4 is 40.5 Å². The number of aliphatic hydroxyl groups is 1. The third-order valence-electron chi connectivity index (χ3n) is 15.1. The van der Waals surface area contributed by atoms with Crippen molar-refractivity contribution in [3.8, 4) is 5.69 Å². The van der Waals surface area contributed by atoms with Crippen molar-refractivity contribution in [3.63, 3.8) is 0 Å². The molecule has 2 amide bonds. The van der Waals surface area contributed by atoms with E-state index < -0.39 is 12.0 Å². The van der Waals surface area contributed by atoms with E-state index in [0.29, 0.717) is 92.6 Å². The van der Waals surface area contributed by atoms with Gasteiger partial charge < -0.3 is 30.9 Å². The van der Waals surface area contributed by atoms with Gasteiger partial charge in [-0.05, 0) is 112 Å². The van der Waals surface area contributed by atoms with Crippen LogP contribution in [0.1, 0.15) is 91.5 Å². The first-order valence-corrected chi connectivity index (χ1v) is 24.0. The molecule has 0 spiro atoms. The molecule has 4 aromatic rings. The van der Waals surface area contributed by atoms with Gasteiger partial charge in [-0.1, -0.05) is 13.0 Å². The standard InChI is InChI=1S/C52H62F3N9O4/c1-30-22-36(52(68)61-16-11-34(12-17-61)28-62-20-21-63(27-31(62)2)46-8-6-37(24-40(46)53)58-43-7-9-47(65)59-51(43)67)23-41(54)49(30)35-13-18-60(19-14-35)33(4)38-25-39-45(10-15-57-50(39)32(38)3)64-29-42(55)44(56-5)26-48(64)66/h6,8,10,13,15,22-26,29,31-34,43,51,56,58,67H,7,9,11-12,14,16-21,27-28H2,1-5H3,(H,59,65)/t31-,32?,33-,43?,51?/m0/s1. The second-order valence-electron chi connectivity index (χ2n) is 19.3. The number of amides is 2. The number of aromatic nitrogens is 2. The van der Waals surface area contributed by atoms with E-state index >= 15 is 8.78 Å². The van der Waals surface area contributed by atoms with E-state index in [1.54, 1.807) is 25.4 Å². The largest absolute Gasteiger partial charge is 0.386 e. The Morgan fingerprint density at radius 2 is 1.74 bits per heavy atom. The van der Waals surface area contributed by atoms with E-state index in [-0.39, 0.29) is 58.7 Å². The number of benzene rings is 2. The minimum Gasteiger partial charge on any atom is -0.386 e. The zero-order chi connectivity index (χ0) is 48.0. The van der Waals surface area contributed by atoms with Gasteiger partial charge in [0.2, 0.25) is 5.91 Å². The third kappa shape index (κ3) is 9.42. The maximum atomic E-state index is 16.1. The summed E-state index contributed by atoms with van der Waals surface area (Å²) >= 11 is 0. The van der Waals surface area contributed by atoms with Crippen molar-refractivity contribution in [2.45, 2.75) is 90.1 Å². The Balaban J connectivity index is 0.769. The maximum absolute atomic E-state index is 16.1. The number of piperidine rings is 2. The van der Waals surface area contributed by atoms with Gasteiger partial charge in [0, 0.05) is 118 Å². The van der Waals surface area contributed by atoms with E-state index in [4.69, 9.17) is 0 Å². The van der Waals surface area contributed by atoms with Crippen LogP contribution in [0.15, 0.2) is 71.3 Å². The molecule has 4 aliphatic heterocycles. The number of likely N-dealkylation sites (tertiary alicyclic amines) is 1. The summed E-state index contributed by atoms with van der Waals surface area (Å²) in [7, 11) is 1.57. The fourth-order valence-corrected chi connectivity index (χ4v) is 11.1. The number of piperazine rings is 1. The Kier molecular flexibility index (Phi) is 13.6. The highest BCUT2D eigenvalue weighted by atomic mass is 19.1. The predicted molar refractivity (Wildman–Crippen MR) is 260 cm³/mol. The van der Waals surface area contributed by atoms with Crippen molar-refractivity contribution in [1.29, 1.82) is 0 Å². The molecule has 16 heteroatoms. The Bertz CT molecular complexity index is 2690. The molecule has 0 saturated carbocycles. The SMILES string of the molecule is CNc1cc(=O)n(-c2ccnc3c2C=C([C@H](C)N2CC=C(c4c(C)cc(C(=O)N5CCC(CN6CCN(c7ccc(NC8CCC(=O)NC8O)cc7F)C[C@@H]6C)CC5)cc4F)CC2)C3C)cc1F. The summed E-state index contributed by atoms with van der Waals surface area (Å²) in [5, 5.41) is 18.6. The number of anilines is 3. The Morgan fingerprint density at radius 3 is 2.43 bits per heavy atom. The van der Waals surface area contributed by atoms with E-state index in [0.717, 1.165) is 53.9 Å². The molecule has 6 heterocycles. The molecule has 3 unspecified atom stereocenters. The second kappa shape index (κ2) is 19.6. The number of halogens is 3. The van der Waals surface area contributed by atoms with Gasteiger partial charge in [0.05, 0.1) is 35.0 Å². The summed E-state index contributed by atoms with van der Waals surface area (Å²) in [6.45, 7) is 13.9. The molecule has 1 aliphatic carbocycles. The van der Waals surface area contributed by atoms with Gasteiger partial charge >= 0.3 is 0 Å². The molecule has 5 aliphatic rings. The fraction of sp³-hybridized carbons (Fsp3) is 0.462. The monoisotopic (exact) mass is 933 g/mol. The number of nitrogens with zero attached hydrogens (tertiary/aromatic N) is 6. The number of nitrogens with one attached hydrogen (secondary N) is 3. The minimum atomic E-state index is -1.02. The molecule has 9 rings (SSSR count). The number of aliphatic hydroxyl groups excluding tert-OH is 1. The van der Waals surface area contributed by atoms with Crippen LogP contribution in [0.3, 0.4) is 0 Å². The summed E-state index contributed by atoms with van der Waals surface area (Å²) in [4.78, 5) is 51.8. The summed E-state index contributed by atoms with van der Waals surface area (Å²) in [6.07, 6.45) is 9.13. The van der Waals surface area contributed by atoms with Gasteiger partial charge in [0.25, 0.3) is 11.5 Å². The lowest BCUT2D eigenvalue weighted by atomic mass is 9.91. The topological polar surface area (TPSA) is 138 Å². The second-order valence-corrected chi connectivity index (χ2v) is 19.3. The average molecular weight is 934 g/mol. The molecular formula is C52H62F3N9O4. The van der Waals surface area contributed by atoms with Crippen LogP contribution in [-0.4, -0.2) is 125 Å². The number of hydrogen-bond donors (Lipinski definition) is 4. The fourth-order valence-electron chi connectivity index (χ4n) is 11.1. The number of carbonyl (C=O) groups is 2. The minimum absolute atomic E-state index is 0.0183. The lowest BCUT2D eigenvalue weighted by Crippen LogP contribution is -2.54. The lowest BCUT2D eigenvalue weighted by Gasteiger charge is -2.43. The molecule has 3 fully saturated rings. The Hall–Kier alpha value is -5.97. The predicted octanol–water partition coefficient (Wildman–Crippen LogP) is 6.75. The van der Waals surface area contributed by atoms with Gasteiger partial charge in [0.1, 0.15) is 17.9 Å². The Morgan fingerprint density at radius 1 is 0.941 bits per heavy atom. The molecular weight excluding hydrogens is 872 g/mol. The summed E-state index contributed by atoms with van der Waals surface area (Å²) in [5.41, 5.74) is 6.85. The number of rotatable bonds is 11. The van der Waals surface area contributed by atoms with Crippen LogP contribution in [-0.2, 0) is 4.79 Å². The van der Waals surface area contributed by atoms with Crippen molar-refractivity contribution in [3.05, 3.63) is 122 Å². The van der Waals surface area contributed by atoms with Crippen LogP contribution in [0.5, 0.6) is 0 Å². The highest BCUT2D eigenvalue weighted by molar-refractivity contribution is 5.95. The van der Waals surface area contributed by atoms with Crippen molar-refractivity contribution in [2.24, 2.45) is 5.92 Å². The summed E-state index contributed by atoms with van der Waals surface area (Å²) in [5.74, 6) is -1.20. The van der Waals surface area contributed by atoms with E-state index in [9.17, 15) is 23.9 Å². The van der Waals surface area contributed by atoms with Gasteiger partial charge in [0.15, 0.2) is 5.82 Å². The Labute approximate surface area is 395 Å². The first-order valence-electron chi connectivity index (χ1n) is 24.0. The molecule has 0 bridgehead atoms. The van der Waals surface area contributed by atoms with Crippen molar-refractivity contribution in [2.75, 3.05) is 74.9 Å². The zero-order valence-electron chi connectivity index (χ0n) is 39.5. The van der Waals surface area contributed by atoms with Crippen LogP contribution in [0.4, 0.5) is 30.2 Å². The quantitative estimate of drug-likeness (QED) is 0.128. The maximum Gasteiger partial charge on any atom is 0.257 e. The van der Waals surface area contributed by atoms with E-state index in [2.05, 4.69) is 68.6 Å². The summed E-state index contributed by atoms with van der Waals surface area (Å²) < 4.78 is 47.6. The molecule has 0 radical (unpaired) electrons. The van der Waals surface area contributed by atoms with Gasteiger partial charge in [-0.25, -0.2) is 13.2 Å². The summed E-state index contributed by atoms with van der Waals surface area (Å²) in [6, 6.07) is 11.1. The third-order valence-corrected chi connectivity index (χ3v) is 15.1. The van der Waals surface area contributed by atoms with Crippen LogP contribution >= 0.6 is 0 Å². The highest BCUT2D eigenvalue weighted by Crippen LogP contribution is 2.41. The first-order chi connectivity index (χ1) is 32.7. The molecule has 4 N–H and O–H groups in total. The van der Waals surface area contributed by atoms with E-state index in [1.807, 2.05) is 24.0 Å². The molecule has 3 saturated heterocycles. The molecule has 68 heavy (non-hydrogen) atoms. The molecule has 13 nitrogen and oxygen atoms in total. The number of aryl methyl sites for hydroxylation is 1. The van der Waals surface area contributed by atoms with E-state index in [1.165, 1.54) is 29.0 Å². The van der Waals surface area contributed by atoms with Crippen LogP contribution in [0.25, 0.3) is 17.3 Å². The number of carbonyl (C=O) groups excluding carboxylic acids is 2. The smallest absolute Gasteiger partial charge is 0.257 e. The van der Waals surface area contributed by atoms with Gasteiger partial charge in [-0.2, -0.15) is 0 Å². The van der Waals surface area contributed by atoms with Crippen molar-refractivity contribution in [1.82, 2.24) is 29.6 Å². The number of pyridine rings is 2. The molecule has 2 aromatic heterocycles. The highest BCUT2D eigenvalue weighted by Gasteiger charge is 2.34. The average Bonchev–Trinajstić information content (AvgIpc) is 3.67. The molecule has 5 atom stereocenters. The first kappa shape index (κ1) is 47.1. The van der Waals surface area contributed by atoms with Gasteiger partial charge in [-0.15, -0.1) is 0 Å². The normalized spacial score (nSPS) is 23.2. The molecule has 2 aromatic carbocycles. The molecule has 360 valence electrons. The number of hydrogen-bond acceptors (Lipinski definition) is 10. The van der Waals surface area contributed by atoms with Crippen LogP contribution < -0.4 is 26.4 Å². The van der Waals surface area contributed by atoms with Gasteiger partial charge in [-0.3, -0.25) is 33.7 Å². The lowest BCUT2D eigenvalue weighted by molar-refractivity contribution is -0.126.